The van der Waals surface area contributed by atoms with Gasteiger partial charge in [-0.15, -0.1) is 0 Å². The molecule has 0 aromatic heterocycles. The number of hydrogen-bond acceptors (Lipinski definition) is 0. The minimum Gasteiger partial charge on any atom is -0.213 e. The zero-order valence-electron chi connectivity index (χ0n) is 14.4. The molecule has 1 aromatic carbocycles. The van der Waals surface area contributed by atoms with Crippen molar-refractivity contribution in [2.45, 2.75) is 13.3 Å². The van der Waals surface area contributed by atoms with Gasteiger partial charge in [-0.25, -0.2) is 12.1 Å². The van der Waals surface area contributed by atoms with Gasteiger partial charge >= 0.3 is 0 Å². The van der Waals surface area contributed by atoms with Crippen molar-refractivity contribution >= 4 is 0 Å². The third kappa shape index (κ3) is 10.3. The standard InChI is InChI=1S/C13H14.2C5H5.2Fe/c1-11(13-8-4-5-9-13)10-12-6-2-3-7-12;2*1-2-4-5-3-1;;/h2-9,11H,10H2,1H3;2*1-5H;;. The van der Waals surface area contributed by atoms with Crippen LogP contribution in [0.25, 0.3) is 0 Å². The minimum atomic E-state index is 0. The molecule has 1 atom stereocenters. The smallest absolute Gasteiger partial charge is 0.0802 e. The van der Waals surface area contributed by atoms with Crippen molar-refractivity contribution in [3.05, 3.63) is 122 Å². The van der Waals surface area contributed by atoms with Crippen LogP contribution in [0.15, 0.2) is 97.2 Å². The Hall–Kier alpha value is -1.30. The quantitative estimate of drug-likeness (QED) is 0.428. The summed E-state index contributed by atoms with van der Waals surface area (Å²) in [4.78, 5) is 0. The number of hydrogen-bond donors (Lipinski definition) is 0. The van der Waals surface area contributed by atoms with Crippen LogP contribution in [0, 0.1) is 24.7 Å². The summed E-state index contributed by atoms with van der Waals surface area (Å²) in [5.41, 5.74) is 1.44. The molecular formula is C23H24Fe2. The van der Waals surface area contributed by atoms with Gasteiger partial charge in [-0.1, -0.05) is 48.6 Å². The molecule has 0 spiro atoms. The summed E-state index contributed by atoms with van der Waals surface area (Å²) >= 11 is 0. The van der Waals surface area contributed by atoms with E-state index in [0.717, 1.165) is 6.42 Å². The van der Waals surface area contributed by atoms with Gasteiger partial charge in [0.05, 0.1) is 30.2 Å². The van der Waals surface area contributed by atoms with Gasteiger partial charge in [0.25, 0.3) is 0 Å². The summed E-state index contributed by atoms with van der Waals surface area (Å²) in [5, 5.41) is 0. The second-order valence-electron chi connectivity index (χ2n) is 5.54. The van der Waals surface area contributed by atoms with Crippen LogP contribution in [0.1, 0.15) is 12.5 Å². The maximum Gasteiger partial charge on any atom is 0.0802 e. The Kier molecular flexibility index (Phi) is 14.2. The van der Waals surface area contributed by atoms with Gasteiger partial charge in [0.15, 0.2) is 0 Å². The molecule has 0 amide bonds. The molecule has 1 aromatic rings. The first-order valence-electron chi connectivity index (χ1n) is 8.12. The summed E-state index contributed by atoms with van der Waals surface area (Å²) in [6.07, 6.45) is 29.8. The first-order valence-corrected chi connectivity index (χ1v) is 8.12. The molecular weight excluding hydrogens is 388 g/mol. The summed E-state index contributed by atoms with van der Waals surface area (Å²) in [5.74, 6) is 2.08. The molecule has 0 bridgehead atoms. The predicted octanol–water partition coefficient (Wildman–Crippen LogP) is 5.91. The fraction of sp³-hybridized carbons (Fsp3) is 0.130. The second-order valence-corrected chi connectivity index (χ2v) is 5.54. The molecule has 2 radical (unpaired) electrons. The summed E-state index contributed by atoms with van der Waals surface area (Å²) in [6.45, 7) is 2.28. The van der Waals surface area contributed by atoms with E-state index in [9.17, 15) is 0 Å². The van der Waals surface area contributed by atoms with E-state index in [-0.39, 0.29) is 34.1 Å². The molecule has 4 rings (SSSR count). The first-order chi connectivity index (χ1) is 11.4. The van der Waals surface area contributed by atoms with Crippen molar-refractivity contribution in [2.75, 3.05) is 0 Å². The molecule has 0 saturated heterocycles. The maximum absolute atomic E-state index is 2.28. The second kappa shape index (κ2) is 15.0. The predicted molar refractivity (Wildman–Crippen MR) is 102 cm³/mol. The van der Waals surface area contributed by atoms with Crippen LogP contribution in [0.5, 0.6) is 0 Å². The Bertz CT molecular complexity index is 544. The Morgan fingerprint density at radius 2 is 1.32 bits per heavy atom. The van der Waals surface area contributed by atoms with E-state index in [0.29, 0.717) is 5.92 Å². The van der Waals surface area contributed by atoms with Crippen molar-refractivity contribution in [1.29, 1.82) is 0 Å². The molecule has 25 heavy (non-hydrogen) atoms. The third-order valence-corrected chi connectivity index (χ3v) is 3.64. The Morgan fingerprint density at radius 3 is 1.68 bits per heavy atom. The van der Waals surface area contributed by atoms with Crippen molar-refractivity contribution < 1.29 is 34.1 Å². The molecule has 0 heterocycles. The molecule has 0 saturated carbocycles. The maximum atomic E-state index is 2.28. The minimum absolute atomic E-state index is 0. The van der Waals surface area contributed by atoms with Crippen molar-refractivity contribution in [3.8, 4) is 0 Å². The molecule has 0 N–H and O–H groups in total. The zero-order chi connectivity index (χ0) is 16.2. The Morgan fingerprint density at radius 1 is 0.800 bits per heavy atom. The van der Waals surface area contributed by atoms with Gasteiger partial charge in [0.2, 0.25) is 0 Å². The average Bonchev–Trinajstić information content (AvgIpc) is 3.41. The fourth-order valence-corrected chi connectivity index (χ4v) is 2.38. The normalized spacial score (nSPS) is 15.8. The molecule has 0 fully saturated rings. The van der Waals surface area contributed by atoms with Gasteiger partial charge in [-0.2, -0.15) is 17.7 Å². The molecule has 0 nitrogen and oxygen atoms in total. The van der Waals surface area contributed by atoms with Gasteiger partial charge in [-0.3, -0.25) is 0 Å². The molecule has 3 aliphatic carbocycles. The van der Waals surface area contributed by atoms with Gasteiger partial charge in [0, 0.05) is 52.9 Å². The summed E-state index contributed by atoms with van der Waals surface area (Å²) < 4.78 is 0. The van der Waals surface area contributed by atoms with Crippen molar-refractivity contribution in [3.63, 3.8) is 0 Å². The largest absolute Gasteiger partial charge is 0.213 e. The molecule has 3 aliphatic rings. The van der Waals surface area contributed by atoms with Crippen LogP contribution in [0.3, 0.4) is 0 Å². The molecule has 0 aliphatic heterocycles. The van der Waals surface area contributed by atoms with E-state index < -0.39 is 0 Å². The van der Waals surface area contributed by atoms with Gasteiger partial charge in [-0.05, 0) is 13.3 Å². The fourth-order valence-electron chi connectivity index (χ4n) is 2.38. The van der Waals surface area contributed by atoms with E-state index in [1.807, 2.05) is 61.4 Å². The van der Waals surface area contributed by atoms with E-state index in [1.165, 1.54) is 11.5 Å². The molecule has 132 valence electrons. The van der Waals surface area contributed by atoms with Crippen LogP contribution in [0.4, 0.5) is 0 Å². The topological polar surface area (TPSA) is 0 Å². The van der Waals surface area contributed by atoms with Crippen molar-refractivity contribution in [2.24, 2.45) is 5.92 Å². The molecule has 2 heteroatoms. The summed E-state index contributed by atoms with van der Waals surface area (Å²) in [7, 11) is 0. The Balaban J connectivity index is 0.000000400. The van der Waals surface area contributed by atoms with Gasteiger partial charge < -0.3 is 0 Å². The third-order valence-electron chi connectivity index (χ3n) is 3.64. The van der Waals surface area contributed by atoms with Crippen LogP contribution in [-0.4, -0.2) is 0 Å². The van der Waals surface area contributed by atoms with Crippen molar-refractivity contribution in [1.82, 2.24) is 0 Å². The van der Waals surface area contributed by atoms with E-state index in [2.05, 4.69) is 55.5 Å². The average molecular weight is 412 g/mol. The first kappa shape index (κ1) is 23.7. The van der Waals surface area contributed by atoms with Crippen LogP contribution >= 0.6 is 0 Å². The van der Waals surface area contributed by atoms with Crippen LogP contribution < -0.4 is 0 Å². The zero-order valence-corrected chi connectivity index (χ0v) is 16.6. The van der Waals surface area contributed by atoms with E-state index in [1.54, 1.807) is 0 Å². The SMILES string of the molecule is CC(Cc1ccc[cH-]1)[C+]1C=CC=C1.[CH]1C=CC=C1.[CH]1C=CC=C1.[Fe].[Fe]. The van der Waals surface area contributed by atoms with E-state index in [4.69, 9.17) is 0 Å². The van der Waals surface area contributed by atoms with Crippen LogP contribution in [-0.2, 0) is 40.6 Å². The van der Waals surface area contributed by atoms with E-state index >= 15 is 0 Å². The summed E-state index contributed by atoms with van der Waals surface area (Å²) in [6, 6.07) is 8.60. The number of allylic oxidation sites excluding steroid dienone is 12. The Labute approximate surface area is 174 Å². The van der Waals surface area contributed by atoms with Gasteiger partial charge in [0.1, 0.15) is 0 Å². The van der Waals surface area contributed by atoms with Crippen LogP contribution in [0.2, 0.25) is 0 Å². The molecule has 1 unspecified atom stereocenters. The monoisotopic (exact) mass is 412 g/mol. The number of rotatable bonds is 3.